The summed E-state index contributed by atoms with van der Waals surface area (Å²) in [6, 6.07) is 0. The molecular formula is C24H27N7O3S. The molecule has 3 aliphatic rings. The minimum Gasteiger partial charge on any atom is -0.447 e. The van der Waals surface area contributed by atoms with Gasteiger partial charge in [-0.1, -0.05) is 12.0 Å². The SMILES string of the molecule is C#Cc1cnc(C2=CCN(c3nc4c(c(NC5(COC(=O)NC)CCC5)n3)S(=O)CC4)CC2)nc1. The molecule has 1 atom stereocenters. The number of carbonyl (C=O) groups excluding carboxylic acids is 1. The van der Waals surface area contributed by atoms with Crippen LogP contribution in [0.3, 0.4) is 0 Å². The van der Waals surface area contributed by atoms with Crippen LogP contribution in [0.2, 0.25) is 0 Å². The molecule has 2 aromatic rings. The fraction of sp³-hybridized carbons (Fsp3) is 0.458. The van der Waals surface area contributed by atoms with E-state index in [9.17, 15) is 9.00 Å². The molecule has 0 saturated heterocycles. The van der Waals surface area contributed by atoms with Gasteiger partial charge in [0.1, 0.15) is 17.3 Å². The number of nitrogens with zero attached hydrogens (tertiary/aromatic N) is 5. The molecule has 2 aromatic heterocycles. The number of hydrogen-bond acceptors (Lipinski definition) is 9. The Morgan fingerprint density at radius 1 is 1.29 bits per heavy atom. The van der Waals surface area contributed by atoms with Crippen molar-refractivity contribution in [2.45, 2.75) is 42.5 Å². The number of carbonyl (C=O) groups is 1. The minimum atomic E-state index is -1.15. The molecule has 10 nitrogen and oxygen atoms in total. The highest BCUT2D eigenvalue weighted by Gasteiger charge is 2.41. The molecule has 0 aromatic carbocycles. The van der Waals surface area contributed by atoms with E-state index in [0.717, 1.165) is 37.0 Å². The van der Waals surface area contributed by atoms with Gasteiger partial charge in [-0.2, -0.15) is 4.98 Å². The molecule has 1 amide bonds. The van der Waals surface area contributed by atoms with Gasteiger partial charge in [-0.3, -0.25) is 4.21 Å². The molecule has 182 valence electrons. The van der Waals surface area contributed by atoms with Crippen LogP contribution in [0, 0.1) is 12.3 Å². The van der Waals surface area contributed by atoms with Crippen LogP contribution < -0.4 is 15.5 Å². The van der Waals surface area contributed by atoms with Crippen LogP contribution in [0.25, 0.3) is 5.57 Å². The molecule has 0 radical (unpaired) electrons. The lowest BCUT2D eigenvalue weighted by Crippen LogP contribution is -2.50. The van der Waals surface area contributed by atoms with E-state index in [1.54, 1.807) is 12.4 Å². The number of aryl methyl sites for hydroxylation is 1. The first-order chi connectivity index (χ1) is 17.0. The first-order valence-corrected chi connectivity index (χ1v) is 13.0. The second-order valence-electron chi connectivity index (χ2n) is 8.90. The van der Waals surface area contributed by atoms with Gasteiger partial charge in [-0.05, 0) is 31.3 Å². The van der Waals surface area contributed by atoms with Gasteiger partial charge < -0.3 is 20.3 Å². The lowest BCUT2D eigenvalue weighted by molar-refractivity contribution is 0.0959. The Labute approximate surface area is 206 Å². The molecule has 11 heteroatoms. The molecule has 0 spiro atoms. The Bertz CT molecular complexity index is 1230. The number of hydrogen-bond donors (Lipinski definition) is 2. The Hall–Kier alpha value is -3.52. The van der Waals surface area contributed by atoms with Crippen LogP contribution in [0.5, 0.6) is 0 Å². The Morgan fingerprint density at radius 2 is 2.09 bits per heavy atom. The first-order valence-electron chi connectivity index (χ1n) is 11.7. The number of fused-ring (bicyclic) bond motifs is 1. The van der Waals surface area contributed by atoms with Crippen LogP contribution >= 0.6 is 0 Å². The van der Waals surface area contributed by atoms with Gasteiger partial charge in [0.25, 0.3) is 0 Å². The number of nitrogens with one attached hydrogen (secondary N) is 2. The summed E-state index contributed by atoms with van der Waals surface area (Å²) >= 11 is 0. The van der Waals surface area contributed by atoms with Gasteiger partial charge >= 0.3 is 6.09 Å². The van der Waals surface area contributed by atoms with Gasteiger partial charge in [-0.15, -0.1) is 6.42 Å². The van der Waals surface area contributed by atoms with Crippen LogP contribution in [0.15, 0.2) is 23.4 Å². The van der Waals surface area contributed by atoms with Crippen molar-refractivity contribution in [1.29, 1.82) is 0 Å². The number of amides is 1. The zero-order valence-electron chi connectivity index (χ0n) is 19.5. The van der Waals surface area contributed by atoms with Crippen molar-refractivity contribution in [2.24, 2.45) is 0 Å². The lowest BCUT2D eigenvalue weighted by Gasteiger charge is -2.42. The molecule has 5 rings (SSSR count). The highest BCUT2D eigenvalue weighted by atomic mass is 32.2. The second kappa shape index (κ2) is 9.62. The van der Waals surface area contributed by atoms with Crippen LogP contribution in [-0.4, -0.2) is 68.3 Å². The Kier molecular flexibility index (Phi) is 6.38. The van der Waals surface area contributed by atoms with Crippen molar-refractivity contribution < 1.29 is 13.7 Å². The van der Waals surface area contributed by atoms with E-state index in [-0.39, 0.29) is 6.61 Å². The van der Waals surface area contributed by atoms with Gasteiger partial charge in [0, 0.05) is 44.7 Å². The summed E-state index contributed by atoms with van der Waals surface area (Å²) in [7, 11) is 0.383. The third-order valence-electron chi connectivity index (χ3n) is 6.65. The van der Waals surface area contributed by atoms with Gasteiger partial charge in [0.15, 0.2) is 5.82 Å². The predicted octanol–water partition coefficient (Wildman–Crippen LogP) is 1.90. The van der Waals surface area contributed by atoms with Crippen molar-refractivity contribution in [2.75, 3.05) is 42.7 Å². The monoisotopic (exact) mass is 493 g/mol. The van der Waals surface area contributed by atoms with Crippen LogP contribution in [-0.2, 0) is 22.0 Å². The number of aromatic nitrogens is 4. The number of terminal acetylenes is 1. The lowest BCUT2D eigenvalue weighted by atomic mass is 9.77. The molecule has 1 saturated carbocycles. The maximum Gasteiger partial charge on any atom is 0.406 e. The smallest absolute Gasteiger partial charge is 0.406 e. The summed E-state index contributed by atoms with van der Waals surface area (Å²) in [5.74, 6) is 4.94. The van der Waals surface area contributed by atoms with E-state index >= 15 is 0 Å². The molecule has 1 unspecified atom stereocenters. The van der Waals surface area contributed by atoms with Crippen molar-refractivity contribution in [3.05, 3.63) is 35.6 Å². The molecule has 2 aliphatic heterocycles. The van der Waals surface area contributed by atoms with Gasteiger partial charge in [0.05, 0.1) is 27.6 Å². The quantitative estimate of drug-likeness (QED) is 0.581. The Morgan fingerprint density at radius 3 is 2.71 bits per heavy atom. The molecule has 2 N–H and O–H groups in total. The summed E-state index contributed by atoms with van der Waals surface area (Å²) in [5.41, 5.74) is 2.13. The zero-order valence-corrected chi connectivity index (χ0v) is 20.4. The third kappa shape index (κ3) is 4.71. The largest absolute Gasteiger partial charge is 0.447 e. The molecule has 1 aliphatic carbocycles. The highest BCUT2D eigenvalue weighted by Crippen LogP contribution is 2.39. The second-order valence-corrected chi connectivity index (χ2v) is 10.4. The number of ether oxygens (including phenoxy) is 1. The molecule has 4 heterocycles. The summed E-state index contributed by atoms with van der Waals surface area (Å²) in [5, 5.41) is 5.98. The molecule has 1 fully saturated rings. The number of rotatable bonds is 6. The zero-order chi connectivity index (χ0) is 24.4. The standard InChI is InChI=1S/C24H27N7O3S/c1-3-16-13-26-20(27-14-16)17-5-10-31(11-6-17)22-28-18-7-12-35(33)19(18)21(29-22)30-24(8-4-9-24)15-34-23(32)25-2/h1,5,13-14H,4,6-12,15H2,2H3,(H,25,32)(H,28,29,30). The Balaban J connectivity index is 1.38. The van der Waals surface area contributed by atoms with E-state index in [4.69, 9.17) is 21.1 Å². The van der Waals surface area contributed by atoms with E-state index in [2.05, 4.69) is 37.5 Å². The summed E-state index contributed by atoms with van der Waals surface area (Å²) < 4.78 is 18.1. The van der Waals surface area contributed by atoms with Crippen molar-refractivity contribution in [1.82, 2.24) is 25.3 Å². The van der Waals surface area contributed by atoms with Crippen molar-refractivity contribution in [3.63, 3.8) is 0 Å². The fourth-order valence-electron chi connectivity index (χ4n) is 4.47. The summed E-state index contributed by atoms with van der Waals surface area (Å²) in [6.45, 7) is 1.54. The van der Waals surface area contributed by atoms with Crippen LogP contribution in [0.1, 0.15) is 42.8 Å². The molecular weight excluding hydrogens is 466 g/mol. The van der Waals surface area contributed by atoms with Gasteiger partial charge in [-0.25, -0.2) is 19.7 Å². The highest BCUT2D eigenvalue weighted by molar-refractivity contribution is 7.85. The van der Waals surface area contributed by atoms with E-state index in [0.29, 0.717) is 53.3 Å². The van der Waals surface area contributed by atoms with E-state index in [1.165, 1.54) is 7.05 Å². The minimum absolute atomic E-state index is 0.224. The predicted molar refractivity (Wildman–Crippen MR) is 132 cm³/mol. The van der Waals surface area contributed by atoms with E-state index < -0.39 is 22.4 Å². The first kappa shape index (κ1) is 23.2. The molecule has 35 heavy (non-hydrogen) atoms. The van der Waals surface area contributed by atoms with Crippen LogP contribution in [0.4, 0.5) is 16.6 Å². The average Bonchev–Trinajstić information content (AvgIpc) is 3.26. The van der Waals surface area contributed by atoms with Crippen molar-refractivity contribution >= 4 is 34.2 Å². The maximum atomic E-state index is 12.8. The topological polar surface area (TPSA) is 122 Å². The average molecular weight is 494 g/mol. The normalized spacial score (nSPS) is 20.2. The third-order valence-corrected chi connectivity index (χ3v) is 8.11. The number of alkyl carbamates (subject to hydrolysis) is 1. The van der Waals surface area contributed by atoms with Crippen molar-refractivity contribution in [3.8, 4) is 12.3 Å². The maximum absolute atomic E-state index is 12.8. The van der Waals surface area contributed by atoms with Gasteiger partial charge in [0.2, 0.25) is 5.95 Å². The van der Waals surface area contributed by atoms with E-state index in [1.807, 2.05) is 0 Å². The summed E-state index contributed by atoms with van der Waals surface area (Å²) in [4.78, 5) is 32.8. The number of anilines is 2. The molecule has 0 bridgehead atoms. The fourth-order valence-corrected chi connectivity index (χ4v) is 5.77. The summed E-state index contributed by atoms with van der Waals surface area (Å²) in [6.07, 6.45) is 14.4.